The first-order valence-corrected chi connectivity index (χ1v) is 20.3. The van der Waals surface area contributed by atoms with Gasteiger partial charge in [0.2, 0.25) is 0 Å². The predicted octanol–water partition coefficient (Wildman–Crippen LogP) is 15.6. The lowest BCUT2D eigenvalue weighted by molar-refractivity contribution is 1.18. The number of fused-ring (bicyclic) bond motifs is 6. The Kier molecular flexibility index (Phi) is 8.04. The predicted molar refractivity (Wildman–Crippen MR) is 245 cm³/mol. The summed E-state index contributed by atoms with van der Waals surface area (Å²) in [5.41, 5.74) is 14.2. The summed E-state index contributed by atoms with van der Waals surface area (Å²) in [6.07, 6.45) is 0. The third kappa shape index (κ3) is 5.63. The van der Waals surface area contributed by atoms with E-state index in [1.54, 1.807) is 0 Å². The molecule has 2 aromatic heterocycles. The summed E-state index contributed by atoms with van der Waals surface area (Å²) in [6, 6.07) is 79.2. The summed E-state index contributed by atoms with van der Waals surface area (Å²) in [5.74, 6) is 0. The summed E-state index contributed by atoms with van der Waals surface area (Å²) in [5, 5.41) is 5.10. The zero-order valence-corrected chi connectivity index (χ0v) is 31.9. The number of para-hydroxylation sites is 2. The number of hydrogen-bond acceptors (Lipinski definition) is 2. The van der Waals surface area contributed by atoms with Crippen molar-refractivity contribution in [2.24, 2.45) is 0 Å². The number of aromatic nitrogens is 1. The molecule has 0 aliphatic carbocycles. The zero-order chi connectivity index (χ0) is 37.7. The summed E-state index contributed by atoms with van der Waals surface area (Å²) < 4.78 is 5.03. The highest BCUT2D eigenvalue weighted by Crippen LogP contribution is 2.46. The van der Waals surface area contributed by atoms with E-state index in [4.69, 9.17) is 0 Å². The van der Waals surface area contributed by atoms with E-state index < -0.39 is 0 Å². The average Bonchev–Trinajstić information content (AvgIpc) is 3.84. The summed E-state index contributed by atoms with van der Waals surface area (Å²) in [7, 11) is 0. The first kappa shape index (κ1) is 33.2. The van der Waals surface area contributed by atoms with Crippen molar-refractivity contribution in [1.82, 2.24) is 4.57 Å². The van der Waals surface area contributed by atoms with E-state index in [-0.39, 0.29) is 0 Å². The Labute approximate surface area is 335 Å². The molecule has 2 nitrogen and oxygen atoms in total. The van der Waals surface area contributed by atoms with E-state index >= 15 is 0 Å². The van der Waals surface area contributed by atoms with E-state index in [0.717, 1.165) is 17.1 Å². The molecule has 11 rings (SSSR count). The smallest absolute Gasteiger partial charge is 0.0640 e. The summed E-state index contributed by atoms with van der Waals surface area (Å²) in [6.45, 7) is 0. The molecule has 0 saturated heterocycles. The summed E-state index contributed by atoms with van der Waals surface area (Å²) in [4.78, 5) is 2.42. The second-order valence-corrected chi connectivity index (χ2v) is 15.5. The van der Waals surface area contributed by atoms with Crippen LogP contribution in [0.3, 0.4) is 0 Å². The number of hydrogen-bond donors (Lipinski definition) is 0. The molecule has 0 radical (unpaired) electrons. The molecule has 0 saturated carbocycles. The molecule has 0 aliphatic rings. The Balaban J connectivity index is 1.06. The number of anilines is 3. The van der Waals surface area contributed by atoms with Crippen LogP contribution in [0, 0.1) is 0 Å². The molecule has 0 fully saturated rings. The maximum absolute atomic E-state index is 2.45. The largest absolute Gasteiger partial charge is 0.309 e. The highest BCUT2D eigenvalue weighted by molar-refractivity contribution is 7.26. The van der Waals surface area contributed by atoms with Gasteiger partial charge in [0.1, 0.15) is 0 Å². The second kappa shape index (κ2) is 13.8. The maximum atomic E-state index is 2.45. The molecule has 0 spiro atoms. The van der Waals surface area contributed by atoms with Gasteiger partial charge in [0.25, 0.3) is 0 Å². The fourth-order valence-corrected chi connectivity index (χ4v) is 9.82. The van der Waals surface area contributed by atoms with Crippen LogP contribution in [0.2, 0.25) is 0 Å². The molecule has 268 valence electrons. The molecular formula is C54H36N2S. The van der Waals surface area contributed by atoms with Gasteiger partial charge in [-0.1, -0.05) is 164 Å². The van der Waals surface area contributed by atoms with Gasteiger partial charge >= 0.3 is 0 Å². The van der Waals surface area contributed by atoms with Crippen LogP contribution in [-0.2, 0) is 0 Å². The van der Waals surface area contributed by atoms with Crippen LogP contribution >= 0.6 is 11.3 Å². The maximum Gasteiger partial charge on any atom is 0.0640 e. The minimum absolute atomic E-state index is 1.11. The Hall–Kier alpha value is -7.20. The molecule has 0 N–H and O–H groups in total. The Morgan fingerprint density at radius 2 is 0.877 bits per heavy atom. The Bertz CT molecular complexity index is 3210. The lowest BCUT2D eigenvalue weighted by Crippen LogP contribution is -2.10. The Morgan fingerprint density at radius 1 is 0.351 bits per heavy atom. The first-order chi connectivity index (χ1) is 28.3. The van der Waals surface area contributed by atoms with Gasteiger partial charge in [0.15, 0.2) is 0 Å². The van der Waals surface area contributed by atoms with E-state index in [2.05, 4.69) is 228 Å². The Morgan fingerprint density at radius 3 is 1.65 bits per heavy atom. The van der Waals surface area contributed by atoms with Crippen molar-refractivity contribution in [3.05, 3.63) is 218 Å². The molecular weight excluding hydrogens is 709 g/mol. The molecule has 3 heteroatoms. The normalized spacial score (nSPS) is 11.5. The van der Waals surface area contributed by atoms with Crippen LogP contribution in [-0.4, -0.2) is 4.57 Å². The SMILES string of the molecule is c1ccc(-c2ccc(N(c3ccc(-c4ccccc4-n4c5ccccc5c5c(-c6ccccc6)cccc54)cc3)c3cccc4c3sc3ccccc34)cc2)cc1. The highest BCUT2D eigenvalue weighted by Gasteiger charge is 2.21. The minimum Gasteiger partial charge on any atom is -0.309 e. The number of benzene rings is 9. The summed E-state index contributed by atoms with van der Waals surface area (Å²) >= 11 is 1.86. The quantitative estimate of drug-likeness (QED) is 0.158. The molecule has 0 unspecified atom stereocenters. The van der Waals surface area contributed by atoms with Crippen molar-refractivity contribution >= 4 is 70.4 Å². The molecule has 0 bridgehead atoms. The number of rotatable bonds is 7. The monoisotopic (exact) mass is 744 g/mol. The fourth-order valence-electron chi connectivity index (χ4n) is 8.61. The van der Waals surface area contributed by atoms with Crippen molar-refractivity contribution in [2.75, 3.05) is 4.90 Å². The first-order valence-electron chi connectivity index (χ1n) is 19.4. The standard InChI is InChI=1S/C54H36N2S/c1-3-15-37(16-4-1)38-29-33-41(34-30-38)55(51-27-14-23-46-45-20-9-12-28-52(45)57-54(46)51)42-35-31-40(32-36-42)43-19-7-10-24-48(43)56-49-25-11-8-21-47(49)53-44(22-13-26-50(53)56)39-17-5-2-6-18-39/h1-36H. The van der Waals surface area contributed by atoms with Gasteiger partial charge in [-0.2, -0.15) is 0 Å². The van der Waals surface area contributed by atoms with E-state index in [1.807, 2.05) is 11.3 Å². The molecule has 57 heavy (non-hydrogen) atoms. The highest BCUT2D eigenvalue weighted by atomic mass is 32.1. The lowest BCUT2D eigenvalue weighted by atomic mass is 9.99. The van der Waals surface area contributed by atoms with E-state index in [9.17, 15) is 0 Å². The van der Waals surface area contributed by atoms with E-state index in [0.29, 0.717) is 0 Å². The van der Waals surface area contributed by atoms with Crippen molar-refractivity contribution < 1.29 is 0 Å². The van der Waals surface area contributed by atoms with Gasteiger partial charge in [-0.3, -0.25) is 0 Å². The molecule has 11 aromatic rings. The average molecular weight is 745 g/mol. The van der Waals surface area contributed by atoms with Crippen LogP contribution in [0.4, 0.5) is 17.1 Å². The van der Waals surface area contributed by atoms with Crippen molar-refractivity contribution in [1.29, 1.82) is 0 Å². The van der Waals surface area contributed by atoms with E-state index in [1.165, 1.54) is 81.0 Å². The molecule has 0 aliphatic heterocycles. The van der Waals surface area contributed by atoms with Crippen LogP contribution in [0.15, 0.2) is 218 Å². The van der Waals surface area contributed by atoms with Gasteiger partial charge in [0, 0.05) is 43.2 Å². The molecule has 9 aromatic carbocycles. The van der Waals surface area contributed by atoms with Crippen LogP contribution in [0.1, 0.15) is 0 Å². The molecule has 0 amide bonds. The molecule has 2 heterocycles. The van der Waals surface area contributed by atoms with Gasteiger partial charge < -0.3 is 9.47 Å². The third-order valence-corrected chi connectivity index (χ3v) is 12.4. The topological polar surface area (TPSA) is 8.17 Å². The van der Waals surface area contributed by atoms with Crippen LogP contribution in [0.5, 0.6) is 0 Å². The fraction of sp³-hybridized carbons (Fsp3) is 0. The zero-order valence-electron chi connectivity index (χ0n) is 31.1. The van der Waals surface area contributed by atoms with Gasteiger partial charge in [-0.25, -0.2) is 0 Å². The third-order valence-electron chi connectivity index (χ3n) is 11.2. The van der Waals surface area contributed by atoms with Crippen molar-refractivity contribution in [3.8, 4) is 39.1 Å². The number of thiophene rings is 1. The van der Waals surface area contributed by atoms with Crippen molar-refractivity contribution in [3.63, 3.8) is 0 Å². The van der Waals surface area contributed by atoms with Gasteiger partial charge in [-0.15, -0.1) is 11.3 Å². The lowest BCUT2D eigenvalue weighted by Gasteiger charge is -2.26. The minimum atomic E-state index is 1.11. The number of nitrogens with zero attached hydrogens (tertiary/aromatic N) is 2. The van der Waals surface area contributed by atoms with Crippen molar-refractivity contribution in [2.45, 2.75) is 0 Å². The molecule has 0 atom stereocenters. The van der Waals surface area contributed by atoms with Gasteiger partial charge in [-0.05, 0) is 82.4 Å². The van der Waals surface area contributed by atoms with Gasteiger partial charge in [0.05, 0.1) is 27.1 Å². The van der Waals surface area contributed by atoms with Crippen LogP contribution in [0.25, 0.3) is 81.0 Å². The second-order valence-electron chi connectivity index (χ2n) is 14.5. The van der Waals surface area contributed by atoms with Crippen LogP contribution < -0.4 is 4.90 Å².